The molecule has 0 bridgehead atoms. The average molecular weight is 504 g/mol. The molecule has 35 heavy (non-hydrogen) atoms. The number of thiazole rings is 1. The molecule has 186 valence electrons. The summed E-state index contributed by atoms with van der Waals surface area (Å²) in [7, 11) is 1.65. The SMILES string of the molecule is COc1ccccc1CCN=C(N)Nc1nc(-c2ccc(CNC(C)=O)o2)cs1.O=C(O)C(=O)O. The highest BCUT2D eigenvalue weighted by atomic mass is 32.1. The van der Waals surface area contributed by atoms with Gasteiger partial charge in [-0.1, -0.05) is 18.2 Å². The number of amides is 1. The van der Waals surface area contributed by atoms with Gasteiger partial charge < -0.3 is 35.7 Å². The average Bonchev–Trinajstić information content (AvgIpc) is 3.48. The first-order valence-corrected chi connectivity index (χ1v) is 11.0. The number of carboxylic acids is 2. The van der Waals surface area contributed by atoms with Gasteiger partial charge in [0.05, 0.1) is 13.7 Å². The van der Waals surface area contributed by atoms with Crippen molar-refractivity contribution < 1.29 is 33.8 Å². The number of nitrogens with one attached hydrogen (secondary N) is 2. The van der Waals surface area contributed by atoms with Gasteiger partial charge >= 0.3 is 11.9 Å². The minimum Gasteiger partial charge on any atom is -0.496 e. The molecule has 0 atom stereocenters. The molecule has 1 amide bonds. The van der Waals surface area contributed by atoms with Gasteiger partial charge in [-0.2, -0.15) is 0 Å². The maximum absolute atomic E-state index is 11.0. The largest absolute Gasteiger partial charge is 0.496 e. The number of rotatable bonds is 8. The fraction of sp³-hybridized carbons (Fsp3) is 0.227. The van der Waals surface area contributed by atoms with Crippen LogP contribution in [0.2, 0.25) is 0 Å². The molecule has 0 aliphatic rings. The van der Waals surface area contributed by atoms with Gasteiger partial charge in [0.15, 0.2) is 16.9 Å². The van der Waals surface area contributed by atoms with Gasteiger partial charge in [-0.05, 0) is 30.2 Å². The first kappa shape index (κ1) is 26.9. The zero-order chi connectivity index (χ0) is 25.8. The molecular formula is C22H25N5O7S. The number of hydrogen-bond acceptors (Lipinski definition) is 8. The Labute approximate surface area is 204 Å². The molecule has 0 unspecified atom stereocenters. The molecule has 3 aromatic rings. The summed E-state index contributed by atoms with van der Waals surface area (Å²) < 4.78 is 11.0. The number of ether oxygens (including phenoxy) is 1. The summed E-state index contributed by atoms with van der Waals surface area (Å²) in [5.41, 5.74) is 7.74. The highest BCUT2D eigenvalue weighted by Gasteiger charge is 2.10. The molecule has 0 aliphatic heterocycles. The third-order valence-electron chi connectivity index (χ3n) is 4.20. The summed E-state index contributed by atoms with van der Waals surface area (Å²) in [6.45, 7) is 2.34. The molecule has 0 saturated heterocycles. The summed E-state index contributed by atoms with van der Waals surface area (Å²) >= 11 is 1.40. The minimum absolute atomic E-state index is 0.108. The summed E-state index contributed by atoms with van der Waals surface area (Å²) in [6, 6.07) is 11.5. The molecule has 0 radical (unpaired) electrons. The monoisotopic (exact) mass is 503 g/mol. The molecule has 2 aromatic heterocycles. The number of aliphatic imine (C=N–C) groups is 1. The Kier molecular flexibility index (Phi) is 10.2. The number of aliphatic carboxylic acids is 2. The van der Waals surface area contributed by atoms with E-state index in [1.165, 1.54) is 18.3 Å². The van der Waals surface area contributed by atoms with Crippen LogP contribution < -0.4 is 21.1 Å². The second-order valence-corrected chi connectivity index (χ2v) is 7.64. The second kappa shape index (κ2) is 13.3. The Hall–Kier alpha value is -4.39. The van der Waals surface area contributed by atoms with Gasteiger partial charge in [0.2, 0.25) is 5.91 Å². The van der Waals surface area contributed by atoms with Crippen LogP contribution in [-0.2, 0) is 27.3 Å². The van der Waals surface area contributed by atoms with Crippen LogP contribution in [0.25, 0.3) is 11.5 Å². The number of guanidine groups is 1. The maximum atomic E-state index is 11.0. The normalized spacial score (nSPS) is 10.6. The van der Waals surface area contributed by atoms with E-state index in [1.807, 2.05) is 41.8 Å². The molecule has 0 fully saturated rings. The van der Waals surface area contributed by atoms with Crippen molar-refractivity contribution in [2.24, 2.45) is 10.7 Å². The topological polar surface area (TPSA) is 189 Å². The molecule has 0 saturated carbocycles. The van der Waals surface area contributed by atoms with Gasteiger partial charge in [-0.3, -0.25) is 9.79 Å². The van der Waals surface area contributed by atoms with E-state index in [2.05, 4.69) is 20.6 Å². The van der Waals surface area contributed by atoms with Gasteiger partial charge in [-0.25, -0.2) is 14.6 Å². The van der Waals surface area contributed by atoms with E-state index >= 15 is 0 Å². The maximum Gasteiger partial charge on any atom is 0.414 e. The fourth-order valence-electron chi connectivity index (χ4n) is 2.62. The summed E-state index contributed by atoms with van der Waals surface area (Å²) in [6.07, 6.45) is 0.721. The van der Waals surface area contributed by atoms with E-state index < -0.39 is 11.9 Å². The molecule has 0 spiro atoms. The lowest BCUT2D eigenvalue weighted by Gasteiger charge is -2.06. The third-order valence-corrected chi connectivity index (χ3v) is 4.96. The van der Waals surface area contributed by atoms with Crippen LogP contribution in [-0.4, -0.2) is 52.7 Å². The van der Waals surface area contributed by atoms with Crippen molar-refractivity contribution in [1.29, 1.82) is 0 Å². The standard InChI is InChI=1S/C20H23N5O3S.C2H2O4/c1-13(26)23-11-15-7-8-18(28-15)16-12-29-20(24-16)25-19(21)22-10-9-14-5-3-4-6-17(14)27-2;3-1(4)2(5)6/h3-8,12H,9-11H2,1-2H3,(H,23,26)(H3,21,22,24,25);(H,3,4)(H,5,6). The molecular weight excluding hydrogens is 478 g/mol. The Bertz CT molecular complexity index is 1180. The van der Waals surface area contributed by atoms with E-state index in [4.69, 9.17) is 34.7 Å². The number of hydrogen-bond donors (Lipinski definition) is 5. The van der Waals surface area contributed by atoms with E-state index in [0.29, 0.717) is 41.4 Å². The van der Waals surface area contributed by atoms with Crippen molar-refractivity contribution in [2.45, 2.75) is 19.9 Å². The van der Waals surface area contributed by atoms with Crippen molar-refractivity contribution in [2.75, 3.05) is 19.0 Å². The van der Waals surface area contributed by atoms with Gasteiger partial charge in [0, 0.05) is 18.8 Å². The summed E-state index contributed by atoms with van der Waals surface area (Å²) in [5.74, 6) is -1.33. The number of carboxylic acid groups (broad SMARTS) is 2. The van der Waals surface area contributed by atoms with Crippen molar-refractivity contribution >= 4 is 40.3 Å². The van der Waals surface area contributed by atoms with E-state index in [1.54, 1.807) is 7.11 Å². The van der Waals surface area contributed by atoms with Crippen LogP contribution >= 0.6 is 11.3 Å². The predicted molar refractivity (Wildman–Crippen MR) is 129 cm³/mol. The Morgan fingerprint density at radius 2 is 1.89 bits per heavy atom. The van der Waals surface area contributed by atoms with Gasteiger partial charge in [0.25, 0.3) is 0 Å². The zero-order valence-corrected chi connectivity index (χ0v) is 19.8. The van der Waals surface area contributed by atoms with Crippen LogP contribution in [0.3, 0.4) is 0 Å². The summed E-state index contributed by atoms with van der Waals surface area (Å²) in [4.78, 5) is 38.0. The van der Waals surface area contributed by atoms with Crippen LogP contribution in [0.1, 0.15) is 18.2 Å². The van der Waals surface area contributed by atoms with Crippen molar-refractivity contribution in [1.82, 2.24) is 10.3 Å². The number of nitrogens with two attached hydrogens (primary N) is 1. The number of benzene rings is 1. The molecule has 0 aliphatic carbocycles. The van der Waals surface area contributed by atoms with E-state index in [-0.39, 0.29) is 5.91 Å². The third kappa shape index (κ3) is 9.17. The molecule has 12 nitrogen and oxygen atoms in total. The van der Waals surface area contributed by atoms with Crippen molar-refractivity contribution in [3.05, 3.63) is 53.1 Å². The van der Waals surface area contributed by atoms with Crippen LogP contribution in [0.4, 0.5) is 5.13 Å². The lowest BCUT2D eigenvalue weighted by Crippen LogP contribution is -2.23. The molecule has 2 heterocycles. The fourth-order valence-corrected chi connectivity index (χ4v) is 3.33. The lowest BCUT2D eigenvalue weighted by molar-refractivity contribution is -0.159. The Balaban J connectivity index is 0.000000641. The summed E-state index contributed by atoms with van der Waals surface area (Å²) in [5, 5.41) is 23.0. The van der Waals surface area contributed by atoms with E-state index in [0.717, 1.165) is 17.7 Å². The van der Waals surface area contributed by atoms with Gasteiger partial charge in [0.1, 0.15) is 17.2 Å². The molecule has 3 rings (SSSR count). The van der Waals surface area contributed by atoms with E-state index in [9.17, 15) is 4.79 Å². The number of nitrogens with zero attached hydrogens (tertiary/aromatic N) is 2. The Morgan fingerprint density at radius 1 is 1.17 bits per heavy atom. The number of anilines is 1. The first-order valence-electron chi connectivity index (χ1n) is 10.1. The highest BCUT2D eigenvalue weighted by molar-refractivity contribution is 7.14. The highest BCUT2D eigenvalue weighted by Crippen LogP contribution is 2.26. The van der Waals surface area contributed by atoms with Crippen LogP contribution in [0.15, 0.2) is 51.2 Å². The zero-order valence-electron chi connectivity index (χ0n) is 19.0. The molecule has 1 aromatic carbocycles. The number of carbonyl (C=O) groups is 3. The number of para-hydroxylation sites is 1. The van der Waals surface area contributed by atoms with Crippen LogP contribution in [0.5, 0.6) is 5.75 Å². The smallest absolute Gasteiger partial charge is 0.414 e. The number of aromatic nitrogens is 1. The van der Waals surface area contributed by atoms with Gasteiger partial charge in [-0.15, -0.1) is 11.3 Å². The minimum atomic E-state index is -1.82. The molecule has 6 N–H and O–H groups in total. The van der Waals surface area contributed by atoms with Crippen molar-refractivity contribution in [3.63, 3.8) is 0 Å². The molecule has 13 heteroatoms. The van der Waals surface area contributed by atoms with Crippen molar-refractivity contribution in [3.8, 4) is 17.2 Å². The van der Waals surface area contributed by atoms with Crippen LogP contribution in [0, 0.1) is 0 Å². The quantitative estimate of drug-likeness (QED) is 0.173. The number of furan rings is 1. The first-order chi connectivity index (χ1) is 16.7. The lowest BCUT2D eigenvalue weighted by atomic mass is 10.1. The number of carbonyl (C=O) groups excluding carboxylic acids is 1. The Morgan fingerprint density at radius 3 is 2.54 bits per heavy atom. The second-order valence-electron chi connectivity index (χ2n) is 6.78. The predicted octanol–water partition coefficient (Wildman–Crippen LogP) is 2.17. The number of methoxy groups -OCH3 is 1.